The van der Waals surface area contributed by atoms with Crippen LogP contribution in [0.2, 0.25) is 0 Å². The molecule has 18 heavy (non-hydrogen) atoms. The highest BCUT2D eigenvalue weighted by atomic mass is 32.2. The van der Waals surface area contributed by atoms with E-state index in [9.17, 15) is 9.59 Å². The molecule has 0 fully saturated rings. The van der Waals surface area contributed by atoms with Crippen LogP contribution in [-0.4, -0.2) is 40.0 Å². The fraction of sp³-hybridized carbons (Fsp3) is 0.417. The largest absolute Gasteiger partial charge is 0.480 e. The van der Waals surface area contributed by atoms with Crippen LogP contribution in [0.25, 0.3) is 0 Å². The molecule has 0 saturated carbocycles. The predicted octanol–water partition coefficient (Wildman–Crippen LogP) is 1.33. The molecular formula is C12H16N2O3S. The highest BCUT2D eigenvalue weighted by Gasteiger charge is 2.20. The minimum absolute atomic E-state index is 0.381. The SMILES string of the molecule is CSCCC(NC(=O)c1ccnc(C)c1)C(=O)O. The van der Waals surface area contributed by atoms with Gasteiger partial charge in [-0.1, -0.05) is 0 Å². The lowest BCUT2D eigenvalue weighted by Gasteiger charge is -2.13. The average molecular weight is 268 g/mol. The number of carbonyl (C=O) groups is 2. The molecule has 0 aromatic carbocycles. The number of nitrogens with zero attached hydrogens (tertiary/aromatic N) is 1. The second-order valence-electron chi connectivity index (χ2n) is 3.83. The Kier molecular flexibility index (Phi) is 5.64. The van der Waals surface area contributed by atoms with E-state index in [1.807, 2.05) is 6.26 Å². The van der Waals surface area contributed by atoms with E-state index in [0.29, 0.717) is 17.7 Å². The van der Waals surface area contributed by atoms with E-state index >= 15 is 0 Å². The van der Waals surface area contributed by atoms with Gasteiger partial charge in [-0.3, -0.25) is 9.78 Å². The molecule has 0 aliphatic carbocycles. The zero-order valence-corrected chi connectivity index (χ0v) is 11.2. The minimum atomic E-state index is -1.01. The molecule has 1 atom stereocenters. The first-order chi connectivity index (χ1) is 8.54. The van der Waals surface area contributed by atoms with E-state index in [4.69, 9.17) is 5.11 Å². The molecule has 1 unspecified atom stereocenters. The van der Waals surface area contributed by atoms with Gasteiger partial charge in [-0.25, -0.2) is 4.79 Å². The molecule has 0 radical (unpaired) electrons. The number of nitrogens with one attached hydrogen (secondary N) is 1. The van der Waals surface area contributed by atoms with Crippen molar-refractivity contribution in [3.05, 3.63) is 29.6 Å². The van der Waals surface area contributed by atoms with Crippen LogP contribution < -0.4 is 5.32 Å². The van der Waals surface area contributed by atoms with Crippen molar-refractivity contribution in [1.29, 1.82) is 0 Å². The van der Waals surface area contributed by atoms with Gasteiger partial charge in [0.1, 0.15) is 6.04 Å². The zero-order chi connectivity index (χ0) is 13.5. The number of carboxylic acids is 1. The number of carboxylic acid groups (broad SMARTS) is 1. The lowest BCUT2D eigenvalue weighted by atomic mass is 10.2. The molecule has 1 aromatic heterocycles. The number of aryl methyl sites for hydroxylation is 1. The Morgan fingerprint density at radius 3 is 2.83 bits per heavy atom. The van der Waals surface area contributed by atoms with Crippen molar-refractivity contribution in [1.82, 2.24) is 10.3 Å². The summed E-state index contributed by atoms with van der Waals surface area (Å²) in [6.07, 6.45) is 3.83. The van der Waals surface area contributed by atoms with E-state index in [2.05, 4.69) is 10.3 Å². The molecule has 0 spiro atoms. The first-order valence-electron chi connectivity index (χ1n) is 5.50. The summed E-state index contributed by atoms with van der Waals surface area (Å²) >= 11 is 1.55. The number of hydrogen-bond acceptors (Lipinski definition) is 4. The Hall–Kier alpha value is -1.56. The summed E-state index contributed by atoms with van der Waals surface area (Å²) in [6, 6.07) is 2.34. The van der Waals surface area contributed by atoms with Crippen LogP contribution in [-0.2, 0) is 4.79 Å². The second-order valence-corrected chi connectivity index (χ2v) is 4.82. The molecule has 1 rings (SSSR count). The number of amides is 1. The normalized spacial score (nSPS) is 11.9. The van der Waals surface area contributed by atoms with Crippen molar-refractivity contribution in [2.45, 2.75) is 19.4 Å². The monoisotopic (exact) mass is 268 g/mol. The summed E-state index contributed by atoms with van der Waals surface area (Å²) in [5, 5.41) is 11.5. The van der Waals surface area contributed by atoms with Gasteiger partial charge in [0.2, 0.25) is 0 Å². The van der Waals surface area contributed by atoms with E-state index in [1.54, 1.807) is 30.8 Å². The Labute approximate surface area is 110 Å². The Morgan fingerprint density at radius 2 is 2.28 bits per heavy atom. The Bertz CT molecular complexity index is 437. The number of hydrogen-bond donors (Lipinski definition) is 2. The molecular weight excluding hydrogens is 252 g/mol. The van der Waals surface area contributed by atoms with E-state index in [1.165, 1.54) is 6.20 Å². The number of aromatic nitrogens is 1. The van der Waals surface area contributed by atoms with Crippen LogP contribution in [0, 0.1) is 6.92 Å². The van der Waals surface area contributed by atoms with Crippen LogP contribution in [0.3, 0.4) is 0 Å². The third-order valence-electron chi connectivity index (χ3n) is 2.37. The van der Waals surface area contributed by atoms with Gasteiger partial charge >= 0.3 is 5.97 Å². The van der Waals surface area contributed by atoms with Crippen LogP contribution in [0.5, 0.6) is 0 Å². The molecule has 1 heterocycles. The lowest BCUT2D eigenvalue weighted by molar-refractivity contribution is -0.139. The maximum atomic E-state index is 11.9. The smallest absolute Gasteiger partial charge is 0.326 e. The lowest BCUT2D eigenvalue weighted by Crippen LogP contribution is -2.41. The maximum Gasteiger partial charge on any atom is 0.326 e. The van der Waals surface area contributed by atoms with Gasteiger partial charge in [-0.05, 0) is 37.5 Å². The van der Waals surface area contributed by atoms with E-state index < -0.39 is 12.0 Å². The Balaban J connectivity index is 2.69. The summed E-state index contributed by atoms with van der Waals surface area (Å²) in [5.41, 5.74) is 1.15. The van der Waals surface area contributed by atoms with Gasteiger partial charge in [-0.2, -0.15) is 11.8 Å². The van der Waals surface area contributed by atoms with Gasteiger partial charge in [0.25, 0.3) is 5.91 Å². The molecule has 2 N–H and O–H groups in total. The zero-order valence-electron chi connectivity index (χ0n) is 10.3. The van der Waals surface area contributed by atoms with Gasteiger partial charge < -0.3 is 10.4 Å². The first-order valence-corrected chi connectivity index (χ1v) is 6.89. The molecule has 0 aliphatic rings. The number of rotatable bonds is 6. The number of aliphatic carboxylic acids is 1. The molecule has 0 saturated heterocycles. The molecule has 6 heteroatoms. The van der Waals surface area contributed by atoms with Crippen LogP contribution >= 0.6 is 11.8 Å². The maximum absolute atomic E-state index is 11.9. The van der Waals surface area contributed by atoms with Gasteiger partial charge in [0.15, 0.2) is 0 Å². The predicted molar refractivity (Wildman–Crippen MR) is 70.9 cm³/mol. The van der Waals surface area contributed by atoms with Gasteiger partial charge in [-0.15, -0.1) is 0 Å². The number of thioether (sulfide) groups is 1. The standard InChI is InChI=1S/C12H16N2O3S/c1-8-7-9(3-5-13-8)11(15)14-10(12(16)17)4-6-18-2/h3,5,7,10H,4,6H2,1-2H3,(H,14,15)(H,16,17). The van der Waals surface area contributed by atoms with Crippen molar-refractivity contribution in [3.63, 3.8) is 0 Å². The van der Waals surface area contributed by atoms with Crippen molar-refractivity contribution >= 4 is 23.6 Å². The Morgan fingerprint density at radius 1 is 1.56 bits per heavy atom. The minimum Gasteiger partial charge on any atom is -0.480 e. The number of carbonyl (C=O) groups excluding carboxylic acids is 1. The highest BCUT2D eigenvalue weighted by molar-refractivity contribution is 7.98. The molecule has 0 aliphatic heterocycles. The van der Waals surface area contributed by atoms with Crippen molar-refractivity contribution in [2.75, 3.05) is 12.0 Å². The van der Waals surface area contributed by atoms with Crippen molar-refractivity contribution in [2.24, 2.45) is 0 Å². The molecule has 0 bridgehead atoms. The van der Waals surface area contributed by atoms with Crippen LogP contribution in [0.4, 0.5) is 0 Å². The molecule has 1 aromatic rings. The molecule has 1 amide bonds. The molecule has 98 valence electrons. The quantitative estimate of drug-likeness (QED) is 0.813. The fourth-order valence-corrected chi connectivity index (χ4v) is 1.89. The van der Waals surface area contributed by atoms with Gasteiger partial charge in [0.05, 0.1) is 0 Å². The summed E-state index contributed by atoms with van der Waals surface area (Å²) in [4.78, 5) is 26.9. The third-order valence-corrected chi connectivity index (χ3v) is 3.02. The summed E-state index contributed by atoms with van der Waals surface area (Å²) < 4.78 is 0. The van der Waals surface area contributed by atoms with Crippen molar-refractivity contribution in [3.8, 4) is 0 Å². The molecule has 5 nitrogen and oxygen atoms in total. The average Bonchev–Trinajstić information content (AvgIpc) is 2.33. The summed E-state index contributed by atoms with van der Waals surface area (Å²) in [5.74, 6) is -0.704. The summed E-state index contributed by atoms with van der Waals surface area (Å²) in [7, 11) is 0. The highest BCUT2D eigenvalue weighted by Crippen LogP contribution is 2.05. The van der Waals surface area contributed by atoms with E-state index in [0.717, 1.165) is 5.69 Å². The van der Waals surface area contributed by atoms with Crippen LogP contribution in [0.1, 0.15) is 22.5 Å². The first kappa shape index (κ1) is 14.5. The van der Waals surface area contributed by atoms with Crippen LogP contribution in [0.15, 0.2) is 18.3 Å². The second kappa shape index (κ2) is 7.00. The fourth-order valence-electron chi connectivity index (χ4n) is 1.42. The topological polar surface area (TPSA) is 79.3 Å². The van der Waals surface area contributed by atoms with Crippen molar-refractivity contribution < 1.29 is 14.7 Å². The summed E-state index contributed by atoms with van der Waals surface area (Å²) in [6.45, 7) is 1.78. The van der Waals surface area contributed by atoms with Gasteiger partial charge in [0, 0.05) is 17.5 Å². The number of pyridine rings is 1. The third kappa shape index (κ3) is 4.37. The van der Waals surface area contributed by atoms with E-state index in [-0.39, 0.29) is 5.91 Å².